The third-order valence-electron chi connectivity index (χ3n) is 3.09. The summed E-state index contributed by atoms with van der Waals surface area (Å²) in [6.07, 6.45) is 2.70. The fraction of sp³-hybridized carbons (Fsp3) is 0.333. The van der Waals surface area contributed by atoms with Crippen LogP contribution in [0.15, 0.2) is 30.5 Å². The lowest BCUT2D eigenvalue weighted by Crippen LogP contribution is -2.44. The Labute approximate surface area is 145 Å². The third kappa shape index (κ3) is 5.29. The number of hydrogen-bond acceptors (Lipinski definition) is 6. The molecule has 7 nitrogen and oxygen atoms in total. The molecule has 0 unspecified atom stereocenters. The van der Waals surface area contributed by atoms with Crippen LogP contribution in [0, 0.1) is 0 Å². The first-order valence-electron chi connectivity index (χ1n) is 7.12. The maximum Gasteiger partial charge on any atom is 0.238 e. The second kappa shape index (κ2) is 7.73. The topological polar surface area (TPSA) is 97.4 Å². The Kier molecular flexibility index (Phi) is 5.92. The molecule has 0 bridgehead atoms. The first kappa shape index (κ1) is 18.4. The zero-order valence-electron chi connectivity index (χ0n) is 13.6. The predicted molar refractivity (Wildman–Crippen MR) is 93.4 cm³/mol. The summed E-state index contributed by atoms with van der Waals surface area (Å²) in [5.41, 5.74) is 0.934. The van der Waals surface area contributed by atoms with Gasteiger partial charge < -0.3 is 10.1 Å². The molecule has 0 spiro atoms. The molecule has 130 valence electrons. The van der Waals surface area contributed by atoms with Crippen LogP contribution in [0.25, 0.3) is 10.6 Å². The standard InChI is InChI=1S/C15H19N3O4S2/c1-10(18-24(3,20)21)14(19)16-8-13-9-17-15(23-13)11-5-4-6-12(7-11)22-2/h4-7,9-10,18H,8H2,1-3H3,(H,16,19)/t10-/m0/s1. The van der Waals surface area contributed by atoms with E-state index in [0.29, 0.717) is 0 Å². The van der Waals surface area contributed by atoms with E-state index in [1.807, 2.05) is 24.3 Å². The van der Waals surface area contributed by atoms with Crippen molar-refractivity contribution in [3.05, 3.63) is 35.3 Å². The molecular weight excluding hydrogens is 350 g/mol. The van der Waals surface area contributed by atoms with Gasteiger partial charge in [0.25, 0.3) is 0 Å². The normalized spacial score (nSPS) is 12.6. The second-order valence-electron chi connectivity index (χ2n) is 5.19. The number of ether oxygens (including phenoxy) is 1. The van der Waals surface area contributed by atoms with Crippen LogP contribution in [-0.2, 0) is 21.4 Å². The number of thiazole rings is 1. The second-order valence-corrected chi connectivity index (χ2v) is 8.09. The molecule has 1 amide bonds. The van der Waals surface area contributed by atoms with E-state index < -0.39 is 22.0 Å². The molecule has 0 aliphatic carbocycles. The predicted octanol–water partition coefficient (Wildman–Crippen LogP) is 1.37. The summed E-state index contributed by atoms with van der Waals surface area (Å²) in [5.74, 6) is 0.356. The molecule has 2 N–H and O–H groups in total. The number of aromatic nitrogens is 1. The molecule has 1 aromatic carbocycles. The molecule has 0 fully saturated rings. The van der Waals surface area contributed by atoms with Gasteiger partial charge in [-0.2, -0.15) is 0 Å². The van der Waals surface area contributed by atoms with E-state index >= 15 is 0 Å². The van der Waals surface area contributed by atoms with Gasteiger partial charge >= 0.3 is 0 Å². The lowest BCUT2D eigenvalue weighted by atomic mass is 10.2. The van der Waals surface area contributed by atoms with E-state index in [2.05, 4.69) is 15.0 Å². The molecule has 2 rings (SSSR count). The summed E-state index contributed by atoms with van der Waals surface area (Å²) < 4.78 is 29.7. The number of nitrogens with one attached hydrogen (secondary N) is 2. The smallest absolute Gasteiger partial charge is 0.238 e. The van der Waals surface area contributed by atoms with Gasteiger partial charge in [-0.3, -0.25) is 4.79 Å². The fourth-order valence-electron chi connectivity index (χ4n) is 1.98. The highest BCUT2D eigenvalue weighted by molar-refractivity contribution is 7.88. The molecule has 0 aliphatic heterocycles. The number of carbonyl (C=O) groups excluding carboxylic acids is 1. The number of methoxy groups -OCH3 is 1. The molecule has 0 radical (unpaired) electrons. The molecule has 1 aromatic heterocycles. The van der Waals surface area contributed by atoms with Gasteiger partial charge in [0.15, 0.2) is 0 Å². The molecular formula is C15H19N3O4S2. The monoisotopic (exact) mass is 369 g/mol. The molecule has 2 aromatic rings. The maximum absolute atomic E-state index is 11.9. The van der Waals surface area contributed by atoms with Gasteiger partial charge in [0.1, 0.15) is 10.8 Å². The molecule has 24 heavy (non-hydrogen) atoms. The van der Waals surface area contributed by atoms with Crippen molar-refractivity contribution in [1.29, 1.82) is 0 Å². The first-order valence-corrected chi connectivity index (χ1v) is 9.83. The Morgan fingerprint density at radius 3 is 2.83 bits per heavy atom. The van der Waals surface area contributed by atoms with Gasteiger partial charge in [-0.25, -0.2) is 18.1 Å². The van der Waals surface area contributed by atoms with Gasteiger partial charge in [-0.05, 0) is 19.1 Å². The molecule has 0 saturated carbocycles. The SMILES string of the molecule is COc1cccc(-c2ncc(CNC(=O)[C@H](C)NS(C)(=O)=O)s2)c1. The fourth-order valence-corrected chi connectivity index (χ4v) is 3.58. The molecule has 9 heteroatoms. The van der Waals surface area contributed by atoms with E-state index in [1.165, 1.54) is 18.3 Å². The van der Waals surface area contributed by atoms with E-state index in [9.17, 15) is 13.2 Å². The summed E-state index contributed by atoms with van der Waals surface area (Å²) in [6.45, 7) is 1.78. The Morgan fingerprint density at radius 1 is 1.42 bits per heavy atom. The Morgan fingerprint density at radius 2 is 2.17 bits per heavy atom. The zero-order valence-corrected chi connectivity index (χ0v) is 15.2. The summed E-state index contributed by atoms with van der Waals surface area (Å²) in [7, 11) is -1.82. The van der Waals surface area contributed by atoms with Gasteiger partial charge in [0, 0.05) is 16.6 Å². The van der Waals surface area contributed by atoms with Crippen LogP contribution in [-0.4, -0.2) is 38.7 Å². The van der Waals surface area contributed by atoms with Crippen LogP contribution < -0.4 is 14.8 Å². The summed E-state index contributed by atoms with van der Waals surface area (Å²) in [5, 5.41) is 3.51. The molecule has 0 saturated heterocycles. The minimum absolute atomic E-state index is 0.288. The number of sulfonamides is 1. The minimum atomic E-state index is -3.42. The van der Waals surface area contributed by atoms with Crippen LogP contribution in [0.1, 0.15) is 11.8 Å². The van der Waals surface area contributed by atoms with Gasteiger partial charge in [-0.1, -0.05) is 12.1 Å². The van der Waals surface area contributed by atoms with E-state index in [1.54, 1.807) is 13.3 Å². The highest BCUT2D eigenvalue weighted by Gasteiger charge is 2.17. The largest absolute Gasteiger partial charge is 0.497 e. The lowest BCUT2D eigenvalue weighted by molar-refractivity contribution is -0.122. The molecule has 1 atom stereocenters. The van der Waals surface area contributed by atoms with Crippen molar-refractivity contribution >= 4 is 27.3 Å². The number of hydrogen-bond donors (Lipinski definition) is 2. The van der Waals surface area contributed by atoms with Gasteiger partial charge in [0.2, 0.25) is 15.9 Å². The number of nitrogens with zero attached hydrogens (tertiary/aromatic N) is 1. The number of rotatable bonds is 7. The Hall–Kier alpha value is -1.97. The van der Waals surface area contributed by atoms with E-state index in [-0.39, 0.29) is 6.54 Å². The highest BCUT2D eigenvalue weighted by atomic mass is 32.2. The van der Waals surface area contributed by atoms with Gasteiger partial charge in [0.05, 0.1) is 26.0 Å². The van der Waals surface area contributed by atoms with E-state index in [0.717, 1.165) is 27.5 Å². The lowest BCUT2D eigenvalue weighted by Gasteiger charge is -2.11. The third-order valence-corrected chi connectivity index (χ3v) is 4.92. The Balaban J connectivity index is 1.97. The number of benzene rings is 1. The van der Waals surface area contributed by atoms with Crippen LogP contribution in [0.4, 0.5) is 0 Å². The van der Waals surface area contributed by atoms with Crippen molar-refractivity contribution in [2.45, 2.75) is 19.5 Å². The average molecular weight is 369 g/mol. The minimum Gasteiger partial charge on any atom is -0.497 e. The summed E-state index contributed by atoms with van der Waals surface area (Å²) in [4.78, 5) is 17.1. The van der Waals surface area contributed by atoms with Crippen LogP contribution in [0.2, 0.25) is 0 Å². The van der Waals surface area contributed by atoms with Crippen molar-refractivity contribution in [2.75, 3.05) is 13.4 Å². The van der Waals surface area contributed by atoms with Crippen molar-refractivity contribution in [2.24, 2.45) is 0 Å². The molecule has 1 heterocycles. The Bertz CT molecular complexity index is 818. The quantitative estimate of drug-likeness (QED) is 0.768. The molecule has 0 aliphatic rings. The van der Waals surface area contributed by atoms with Crippen molar-refractivity contribution in [3.8, 4) is 16.3 Å². The number of carbonyl (C=O) groups is 1. The van der Waals surface area contributed by atoms with Crippen LogP contribution in [0.5, 0.6) is 5.75 Å². The van der Waals surface area contributed by atoms with Gasteiger partial charge in [-0.15, -0.1) is 11.3 Å². The maximum atomic E-state index is 11.9. The van der Waals surface area contributed by atoms with Crippen LogP contribution >= 0.6 is 11.3 Å². The summed E-state index contributed by atoms with van der Waals surface area (Å²) >= 11 is 1.45. The van der Waals surface area contributed by atoms with Crippen molar-refractivity contribution in [3.63, 3.8) is 0 Å². The van der Waals surface area contributed by atoms with Crippen molar-refractivity contribution in [1.82, 2.24) is 15.0 Å². The van der Waals surface area contributed by atoms with Crippen LogP contribution in [0.3, 0.4) is 0 Å². The first-order chi connectivity index (χ1) is 11.3. The average Bonchev–Trinajstić information content (AvgIpc) is 3.00. The van der Waals surface area contributed by atoms with E-state index in [4.69, 9.17) is 4.74 Å². The van der Waals surface area contributed by atoms with Crippen molar-refractivity contribution < 1.29 is 17.9 Å². The highest BCUT2D eigenvalue weighted by Crippen LogP contribution is 2.27. The summed E-state index contributed by atoms with van der Waals surface area (Å²) in [6, 6.07) is 6.73. The number of amides is 1. The zero-order chi connectivity index (χ0) is 17.7.